The van der Waals surface area contributed by atoms with E-state index in [1.54, 1.807) is 54.6 Å². The van der Waals surface area contributed by atoms with E-state index in [2.05, 4.69) is 10.6 Å². The van der Waals surface area contributed by atoms with E-state index in [9.17, 15) is 22.8 Å². The number of amides is 3. The third-order valence-electron chi connectivity index (χ3n) is 5.33. The van der Waals surface area contributed by atoms with Crippen molar-refractivity contribution >= 4 is 44.8 Å². The molecule has 1 atom stereocenters. The molecule has 1 aliphatic rings. The van der Waals surface area contributed by atoms with E-state index < -0.39 is 22.0 Å². The third kappa shape index (κ3) is 4.82. The molecule has 3 amide bonds. The zero-order valence-corrected chi connectivity index (χ0v) is 19.0. The van der Waals surface area contributed by atoms with Crippen LogP contribution in [-0.4, -0.2) is 26.1 Å². The van der Waals surface area contributed by atoms with Crippen LogP contribution in [-0.2, 0) is 30.8 Å². The van der Waals surface area contributed by atoms with Crippen molar-refractivity contribution in [2.45, 2.75) is 24.3 Å². The van der Waals surface area contributed by atoms with E-state index in [1.807, 2.05) is 0 Å². The average Bonchev–Trinajstić information content (AvgIpc) is 2.78. The van der Waals surface area contributed by atoms with Gasteiger partial charge in [-0.2, -0.15) is 0 Å². The molecule has 174 valence electrons. The summed E-state index contributed by atoms with van der Waals surface area (Å²) in [7, 11) is -4.00. The van der Waals surface area contributed by atoms with Crippen LogP contribution in [0.15, 0.2) is 77.7 Å². The topological polar surface area (TPSA) is 139 Å². The Kier molecular flexibility index (Phi) is 6.18. The van der Waals surface area contributed by atoms with Crippen molar-refractivity contribution in [2.24, 2.45) is 5.14 Å². The van der Waals surface area contributed by atoms with Crippen molar-refractivity contribution in [2.75, 3.05) is 15.5 Å². The number of nitrogens with one attached hydrogen (secondary N) is 2. The number of carbonyl (C=O) groups excluding carboxylic acids is 3. The van der Waals surface area contributed by atoms with Crippen LogP contribution < -0.4 is 20.7 Å². The number of anilines is 3. The first-order valence-electron chi connectivity index (χ1n) is 10.3. The van der Waals surface area contributed by atoms with Gasteiger partial charge in [0.25, 0.3) is 5.91 Å². The molecular weight excluding hydrogens is 456 g/mol. The molecule has 1 unspecified atom stereocenters. The van der Waals surface area contributed by atoms with E-state index in [1.165, 1.54) is 30.0 Å². The Morgan fingerprint density at radius 3 is 2.32 bits per heavy atom. The fourth-order valence-corrected chi connectivity index (χ4v) is 4.38. The van der Waals surface area contributed by atoms with Gasteiger partial charge in [0.15, 0.2) is 0 Å². The molecule has 9 nitrogen and oxygen atoms in total. The fourth-order valence-electron chi connectivity index (χ4n) is 3.84. The molecule has 0 aromatic heterocycles. The van der Waals surface area contributed by atoms with Crippen molar-refractivity contribution in [1.82, 2.24) is 0 Å². The van der Waals surface area contributed by atoms with Crippen LogP contribution in [0.5, 0.6) is 0 Å². The molecule has 34 heavy (non-hydrogen) atoms. The first kappa shape index (κ1) is 23.1. The monoisotopic (exact) mass is 478 g/mol. The number of carbonyl (C=O) groups is 3. The third-order valence-corrected chi connectivity index (χ3v) is 6.25. The standard InChI is InChI=1S/C24H22N4O5S/c1-15(29)26-18-9-7-16(8-10-18)13-22(30)28-21-12-11-19(34(25,32)33)14-20(21)27-24(31)23(28)17-5-3-2-4-6-17/h2-12,14,23H,13H2,1H3,(H,26,29)(H,27,31)(H2,25,32,33). The highest BCUT2D eigenvalue weighted by molar-refractivity contribution is 7.89. The maximum atomic E-state index is 13.5. The van der Waals surface area contributed by atoms with Gasteiger partial charge in [0.1, 0.15) is 6.04 Å². The Morgan fingerprint density at radius 1 is 1.03 bits per heavy atom. The van der Waals surface area contributed by atoms with Gasteiger partial charge >= 0.3 is 0 Å². The summed E-state index contributed by atoms with van der Waals surface area (Å²) >= 11 is 0. The first-order chi connectivity index (χ1) is 16.1. The Balaban J connectivity index is 1.73. The lowest BCUT2D eigenvalue weighted by Crippen LogP contribution is -2.45. The van der Waals surface area contributed by atoms with E-state index in [0.717, 1.165) is 0 Å². The number of hydrogen-bond donors (Lipinski definition) is 3. The van der Waals surface area contributed by atoms with E-state index in [-0.39, 0.29) is 28.8 Å². The molecule has 10 heteroatoms. The normalized spacial score (nSPS) is 15.3. The Labute approximate surface area is 196 Å². The minimum atomic E-state index is -4.00. The summed E-state index contributed by atoms with van der Waals surface area (Å²) in [4.78, 5) is 39.1. The minimum Gasteiger partial charge on any atom is -0.326 e. The summed E-state index contributed by atoms with van der Waals surface area (Å²) < 4.78 is 23.6. The second kappa shape index (κ2) is 9.08. The molecule has 3 aromatic rings. The zero-order valence-electron chi connectivity index (χ0n) is 18.2. The maximum absolute atomic E-state index is 13.5. The number of rotatable bonds is 5. The molecule has 3 aromatic carbocycles. The van der Waals surface area contributed by atoms with Gasteiger partial charge in [0, 0.05) is 12.6 Å². The summed E-state index contributed by atoms with van der Waals surface area (Å²) in [6, 6.07) is 18.7. The van der Waals surface area contributed by atoms with Crippen molar-refractivity contribution in [1.29, 1.82) is 0 Å². The molecule has 4 N–H and O–H groups in total. The lowest BCUT2D eigenvalue weighted by atomic mass is 9.99. The van der Waals surface area contributed by atoms with Crippen molar-refractivity contribution in [3.05, 3.63) is 83.9 Å². The molecule has 1 heterocycles. The van der Waals surface area contributed by atoms with E-state index in [0.29, 0.717) is 22.5 Å². The van der Waals surface area contributed by atoms with Crippen molar-refractivity contribution < 1.29 is 22.8 Å². The Morgan fingerprint density at radius 2 is 1.71 bits per heavy atom. The van der Waals surface area contributed by atoms with Crippen LogP contribution >= 0.6 is 0 Å². The lowest BCUT2D eigenvalue weighted by molar-refractivity contribution is -0.123. The number of nitrogens with two attached hydrogens (primary N) is 1. The van der Waals surface area contributed by atoms with Gasteiger partial charge in [-0.1, -0.05) is 42.5 Å². The van der Waals surface area contributed by atoms with Gasteiger partial charge < -0.3 is 10.6 Å². The molecular formula is C24H22N4O5S. The summed E-state index contributed by atoms with van der Waals surface area (Å²) in [5.41, 5.74) is 2.43. The Hall–Kier alpha value is -4.02. The van der Waals surface area contributed by atoms with Gasteiger partial charge in [0.05, 0.1) is 22.7 Å². The zero-order chi connectivity index (χ0) is 24.5. The number of nitrogens with zero attached hydrogens (tertiary/aromatic N) is 1. The smallest absolute Gasteiger partial charge is 0.252 e. The first-order valence-corrected chi connectivity index (χ1v) is 11.9. The molecule has 0 fully saturated rings. The number of fused-ring (bicyclic) bond motifs is 1. The number of sulfonamides is 1. The predicted octanol–water partition coefficient (Wildman–Crippen LogP) is 2.56. The Bertz CT molecular complexity index is 1370. The van der Waals surface area contributed by atoms with Crippen LogP contribution in [0.1, 0.15) is 24.1 Å². The second-order valence-corrected chi connectivity index (χ2v) is 9.41. The number of primary sulfonamides is 1. The fraction of sp³-hybridized carbons (Fsp3) is 0.125. The lowest BCUT2D eigenvalue weighted by Gasteiger charge is -2.37. The highest BCUT2D eigenvalue weighted by Gasteiger charge is 2.38. The second-order valence-electron chi connectivity index (χ2n) is 7.85. The molecule has 0 spiro atoms. The maximum Gasteiger partial charge on any atom is 0.252 e. The highest BCUT2D eigenvalue weighted by atomic mass is 32.2. The molecule has 0 saturated carbocycles. The summed E-state index contributed by atoms with van der Waals surface area (Å²) in [5.74, 6) is -1.04. The number of hydrogen-bond acceptors (Lipinski definition) is 5. The summed E-state index contributed by atoms with van der Waals surface area (Å²) in [5, 5.41) is 10.6. The number of benzene rings is 3. The molecule has 4 rings (SSSR count). The highest BCUT2D eigenvalue weighted by Crippen LogP contribution is 2.40. The summed E-state index contributed by atoms with van der Waals surface area (Å²) in [6.45, 7) is 1.40. The molecule has 0 aliphatic carbocycles. The molecule has 0 saturated heterocycles. The molecule has 0 radical (unpaired) electrons. The average molecular weight is 479 g/mol. The van der Waals surface area contributed by atoms with Crippen LogP contribution in [0.4, 0.5) is 17.1 Å². The van der Waals surface area contributed by atoms with E-state index >= 15 is 0 Å². The van der Waals surface area contributed by atoms with Crippen LogP contribution in [0.25, 0.3) is 0 Å². The van der Waals surface area contributed by atoms with Gasteiger partial charge in [-0.05, 0) is 41.5 Å². The SMILES string of the molecule is CC(=O)Nc1ccc(CC(=O)N2c3ccc(S(N)(=O)=O)cc3NC(=O)C2c2ccccc2)cc1. The van der Waals surface area contributed by atoms with Gasteiger partial charge in [-0.15, -0.1) is 0 Å². The van der Waals surface area contributed by atoms with E-state index in [4.69, 9.17) is 5.14 Å². The largest absolute Gasteiger partial charge is 0.326 e. The van der Waals surface area contributed by atoms with Crippen LogP contribution in [0.2, 0.25) is 0 Å². The molecule has 0 bridgehead atoms. The van der Waals surface area contributed by atoms with Gasteiger partial charge in [-0.25, -0.2) is 13.6 Å². The quantitative estimate of drug-likeness (QED) is 0.517. The van der Waals surface area contributed by atoms with Crippen LogP contribution in [0, 0.1) is 0 Å². The van der Waals surface area contributed by atoms with Crippen molar-refractivity contribution in [3.8, 4) is 0 Å². The predicted molar refractivity (Wildman–Crippen MR) is 128 cm³/mol. The van der Waals surface area contributed by atoms with Crippen LogP contribution in [0.3, 0.4) is 0 Å². The van der Waals surface area contributed by atoms with Gasteiger partial charge in [0.2, 0.25) is 21.8 Å². The molecule has 1 aliphatic heterocycles. The minimum absolute atomic E-state index is 0.0205. The van der Waals surface area contributed by atoms with Gasteiger partial charge in [-0.3, -0.25) is 19.3 Å². The van der Waals surface area contributed by atoms with Crippen molar-refractivity contribution in [3.63, 3.8) is 0 Å². The summed E-state index contributed by atoms with van der Waals surface area (Å²) in [6.07, 6.45) is -0.0205.